The van der Waals surface area contributed by atoms with Gasteiger partial charge in [0.15, 0.2) is 0 Å². The molecule has 1 heterocycles. The zero-order valence-corrected chi connectivity index (χ0v) is 13.0. The van der Waals surface area contributed by atoms with Gasteiger partial charge in [0.25, 0.3) is 0 Å². The minimum Gasteiger partial charge on any atom is -0.217 e. The summed E-state index contributed by atoms with van der Waals surface area (Å²) in [6.07, 6.45) is 0. The predicted molar refractivity (Wildman–Crippen MR) is 87.2 cm³/mol. The van der Waals surface area contributed by atoms with Crippen molar-refractivity contribution in [2.75, 3.05) is 0 Å². The Balaban J connectivity index is 1.67. The molecule has 0 amide bonds. The van der Waals surface area contributed by atoms with Crippen molar-refractivity contribution in [1.82, 2.24) is 4.98 Å². The minimum absolute atomic E-state index is 0.262. The van der Waals surface area contributed by atoms with Crippen molar-refractivity contribution in [1.29, 1.82) is 0 Å². The second-order valence-corrected chi connectivity index (χ2v) is 5.82. The van der Waals surface area contributed by atoms with Gasteiger partial charge in [-0.05, 0) is 42.0 Å². The summed E-state index contributed by atoms with van der Waals surface area (Å²) in [5, 5.41) is 11.4. The molecule has 0 saturated carbocycles. The minimum atomic E-state index is -0.262. The highest BCUT2D eigenvalue weighted by Crippen LogP contribution is 2.27. The summed E-state index contributed by atoms with van der Waals surface area (Å²) in [7, 11) is 0. The van der Waals surface area contributed by atoms with Crippen LogP contribution in [-0.2, 0) is 6.54 Å². The molecule has 22 heavy (non-hydrogen) atoms. The highest BCUT2D eigenvalue weighted by Gasteiger charge is 2.04. The van der Waals surface area contributed by atoms with Gasteiger partial charge < -0.3 is 0 Å². The summed E-state index contributed by atoms with van der Waals surface area (Å²) in [6, 6.07) is 13.7. The van der Waals surface area contributed by atoms with Crippen molar-refractivity contribution in [3.05, 3.63) is 70.3 Å². The normalized spacial score (nSPS) is 11.2. The summed E-state index contributed by atoms with van der Waals surface area (Å²) < 4.78 is 12.9. The van der Waals surface area contributed by atoms with Crippen molar-refractivity contribution in [2.24, 2.45) is 10.2 Å². The van der Waals surface area contributed by atoms with Crippen LogP contribution < -0.4 is 0 Å². The zero-order chi connectivity index (χ0) is 15.4. The zero-order valence-electron chi connectivity index (χ0n) is 11.4. The van der Waals surface area contributed by atoms with Gasteiger partial charge in [0.1, 0.15) is 5.82 Å². The Labute approximate surface area is 136 Å². The fourth-order valence-corrected chi connectivity index (χ4v) is 2.62. The molecule has 3 aromatic rings. The van der Waals surface area contributed by atoms with Crippen LogP contribution in [-0.4, -0.2) is 4.98 Å². The van der Waals surface area contributed by atoms with Crippen molar-refractivity contribution >= 4 is 28.1 Å². The number of nitrogens with zero attached hydrogens (tertiary/aromatic N) is 3. The van der Waals surface area contributed by atoms with E-state index in [-0.39, 0.29) is 5.82 Å². The number of aromatic nitrogens is 1. The van der Waals surface area contributed by atoms with E-state index in [1.54, 1.807) is 12.1 Å². The van der Waals surface area contributed by atoms with Crippen LogP contribution in [0.5, 0.6) is 0 Å². The van der Waals surface area contributed by atoms with Crippen molar-refractivity contribution < 1.29 is 4.39 Å². The third-order valence-corrected chi connectivity index (χ3v) is 3.93. The molecule has 0 unspecified atom stereocenters. The van der Waals surface area contributed by atoms with Crippen LogP contribution in [0.2, 0.25) is 5.02 Å². The first-order valence-corrected chi connectivity index (χ1v) is 7.80. The Bertz CT molecular complexity index is 782. The van der Waals surface area contributed by atoms with E-state index in [1.807, 2.05) is 29.6 Å². The second-order valence-electron chi connectivity index (χ2n) is 4.55. The van der Waals surface area contributed by atoms with E-state index < -0.39 is 0 Å². The van der Waals surface area contributed by atoms with E-state index in [0.717, 1.165) is 16.8 Å². The third kappa shape index (κ3) is 3.75. The van der Waals surface area contributed by atoms with Crippen LogP contribution in [0.1, 0.15) is 5.56 Å². The first kappa shape index (κ1) is 14.8. The lowest BCUT2D eigenvalue weighted by Gasteiger charge is -1.95. The molecule has 2 aromatic carbocycles. The number of hydrogen-bond acceptors (Lipinski definition) is 4. The lowest BCUT2D eigenvalue weighted by molar-refractivity contribution is 0.628. The molecule has 0 aliphatic carbocycles. The number of rotatable bonds is 4. The Morgan fingerprint density at radius 3 is 2.50 bits per heavy atom. The molecule has 0 fully saturated rings. The van der Waals surface area contributed by atoms with E-state index >= 15 is 0 Å². The Kier molecular flexibility index (Phi) is 4.56. The molecule has 0 atom stereocenters. The molecular formula is C16H11ClFN3S. The van der Waals surface area contributed by atoms with Gasteiger partial charge >= 0.3 is 0 Å². The van der Waals surface area contributed by atoms with Crippen LogP contribution in [0.25, 0.3) is 11.3 Å². The maximum atomic E-state index is 12.9. The van der Waals surface area contributed by atoms with Gasteiger partial charge in [-0.2, -0.15) is 5.11 Å². The Hall–Kier alpha value is -2.11. The van der Waals surface area contributed by atoms with Crippen molar-refractivity contribution in [3.63, 3.8) is 0 Å². The topological polar surface area (TPSA) is 37.6 Å². The fourth-order valence-electron chi connectivity index (χ4n) is 1.83. The van der Waals surface area contributed by atoms with Gasteiger partial charge in [-0.15, -0.1) is 16.5 Å². The summed E-state index contributed by atoms with van der Waals surface area (Å²) in [6.45, 7) is 0.475. The molecule has 3 rings (SSSR count). The quantitative estimate of drug-likeness (QED) is 0.549. The van der Waals surface area contributed by atoms with Crippen LogP contribution in [0.15, 0.2) is 64.1 Å². The van der Waals surface area contributed by atoms with E-state index in [1.165, 1.54) is 23.5 Å². The van der Waals surface area contributed by atoms with Gasteiger partial charge in [-0.25, -0.2) is 9.37 Å². The van der Waals surface area contributed by atoms with E-state index in [9.17, 15) is 4.39 Å². The molecule has 110 valence electrons. The highest BCUT2D eigenvalue weighted by atomic mass is 35.5. The van der Waals surface area contributed by atoms with Gasteiger partial charge in [0, 0.05) is 16.0 Å². The Morgan fingerprint density at radius 2 is 1.77 bits per heavy atom. The molecule has 0 saturated heterocycles. The number of benzene rings is 2. The lowest BCUT2D eigenvalue weighted by Crippen LogP contribution is -1.79. The fraction of sp³-hybridized carbons (Fsp3) is 0.0625. The van der Waals surface area contributed by atoms with E-state index in [2.05, 4.69) is 15.2 Å². The Morgan fingerprint density at radius 1 is 1.05 bits per heavy atom. The molecular weight excluding hydrogens is 321 g/mol. The van der Waals surface area contributed by atoms with Gasteiger partial charge in [0.05, 0.1) is 12.2 Å². The van der Waals surface area contributed by atoms with Crippen LogP contribution in [0.3, 0.4) is 0 Å². The maximum absolute atomic E-state index is 12.9. The van der Waals surface area contributed by atoms with Crippen molar-refractivity contribution in [3.8, 4) is 11.3 Å². The van der Waals surface area contributed by atoms with E-state index in [0.29, 0.717) is 16.7 Å². The smallest absolute Gasteiger partial charge is 0.217 e. The van der Waals surface area contributed by atoms with Crippen molar-refractivity contribution in [2.45, 2.75) is 6.54 Å². The largest absolute Gasteiger partial charge is 0.230 e. The summed E-state index contributed by atoms with van der Waals surface area (Å²) in [4.78, 5) is 4.37. The maximum Gasteiger partial charge on any atom is 0.230 e. The molecule has 0 aliphatic heterocycles. The van der Waals surface area contributed by atoms with Gasteiger partial charge in [-0.1, -0.05) is 23.7 Å². The van der Waals surface area contributed by atoms with E-state index in [4.69, 9.17) is 11.6 Å². The number of azo groups is 1. The average molecular weight is 332 g/mol. The first-order chi connectivity index (χ1) is 10.7. The SMILES string of the molecule is Fc1ccc(-c2csc(N=NCc3ccc(Cl)cc3)n2)cc1. The van der Waals surface area contributed by atoms with Gasteiger partial charge in [-0.3, -0.25) is 0 Å². The monoisotopic (exact) mass is 331 g/mol. The molecule has 0 spiro atoms. The molecule has 0 N–H and O–H groups in total. The molecule has 6 heteroatoms. The number of hydrogen-bond donors (Lipinski definition) is 0. The average Bonchev–Trinajstić information content (AvgIpc) is 2.99. The predicted octanol–water partition coefficient (Wildman–Crippen LogP) is 5.89. The summed E-state index contributed by atoms with van der Waals surface area (Å²) in [5.41, 5.74) is 2.66. The molecule has 3 nitrogen and oxygen atoms in total. The van der Waals surface area contributed by atoms with Crippen LogP contribution >= 0.6 is 22.9 Å². The first-order valence-electron chi connectivity index (χ1n) is 6.54. The van der Waals surface area contributed by atoms with Crippen LogP contribution in [0.4, 0.5) is 9.52 Å². The van der Waals surface area contributed by atoms with Gasteiger partial charge in [0.2, 0.25) is 5.13 Å². The summed E-state index contributed by atoms with van der Waals surface area (Å²) in [5.74, 6) is -0.262. The molecule has 0 aliphatic rings. The molecule has 0 radical (unpaired) electrons. The summed E-state index contributed by atoms with van der Waals surface area (Å²) >= 11 is 7.23. The number of thiazole rings is 1. The number of halogens is 2. The molecule has 0 bridgehead atoms. The van der Waals surface area contributed by atoms with Crippen LogP contribution in [0, 0.1) is 5.82 Å². The standard InChI is InChI=1S/C16H11ClFN3S/c17-13-5-1-11(2-6-13)9-19-21-16-20-15(10-22-16)12-3-7-14(18)8-4-12/h1-8,10H,9H2. The second kappa shape index (κ2) is 6.77. The molecule has 1 aromatic heterocycles. The lowest BCUT2D eigenvalue weighted by atomic mass is 10.2. The third-order valence-electron chi connectivity index (χ3n) is 2.95. The highest BCUT2D eigenvalue weighted by molar-refractivity contribution is 7.13.